The van der Waals surface area contributed by atoms with Crippen molar-refractivity contribution in [1.29, 1.82) is 0 Å². The Bertz CT molecular complexity index is 859. The van der Waals surface area contributed by atoms with E-state index in [2.05, 4.69) is 33.9 Å². The predicted molar refractivity (Wildman–Crippen MR) is 140 cm³/mol. The summed E-state index contributed by atoms with van der Waals surface area (Å²) < 4.78 is 16.4. The van der Waals surface area contributed by atoms with E-state index in [-0.39, 0.29) is 24.0 Å². The number of nitrogens with one attached hydrogen (secondary N) is 1. The summed E-state index contributed by atoms with van der Waals surface area (Å²) in [5, 5.41) is 4.47. The topological polar surface area (TPSA) is 71.5 Å². The van der Waals surface area contributed by atoms with Crippen molar-refractivity contribution in [3.8, 4) is 17.2 Å². The third-order valence-electron chi connectivity index (χ3n) is 5.17. The van der Waals surface area contributed by atoms with E-state index in [1.807, 2.05) is 18.3 Å². The van der Waals surface area contributed by atoms with Crippen molar-refractivity contribution in [1.82, 2.24) is 20.1 Å². The van der Waals surface area contributed by atoms with Gasteiger partial charge < -0.3 is 24.4 Å². The van der Waals surface area contributed by atoms with Crippen LogP contribution >= 0.6 is 35.3 Å². The van der Waals surface area contributed by atoms with Crippen LogP contribution in [0.4, 0.5) is 0 Å². The number of guanidine groups is 1. The summed E-state index contributed by atoms with van der Waals surface area (Å²) >= 11 is 1.70. The Morgan fingerprint density at radius 3 is 2.25 bits per heavy atom. The van der Waals surface area contributed by atoms with E-state index in [9.17, 15) is 0 Å². The molecule has 0 spiro atoms. The molecule has 1 aliphatic heterocycles. The van der Waals surface area contributed by atoms with E-state index < -0.39 is 0 Å². The molecule has 8 nitrogen and oxygen atoms in total. The number of hydrogen-bond acceptors (Lipinski definition) is 7. The smallest absolute Gasteiger partial charge is 0.203 e. The van der Waals surface area contributed by atoms with Crippen molar-refractivity contribution < 1.29 is 14.2 Å². The fourth-order valence-electron chi connectivity index (χ4n) is 3.65. The quantitative estimate of drug-likeness (QED) is 0.294. The Kier molecular flexibility index (Phi) is 10.8. The summed E-state index contributed by atoms with van der Waals surface area (Å²) in [5.74, 6) is 2.97. The normalized spacial score (nSPS) is 14.7. The molecule has 1 aromatic carbocycles. The number of aliphatic imine (C=N–C) groups is 1. The van der Waals surface area contributed by atoms with Gasteiger partial charge in [0.25, 0.3) is 0 Å². The molecule has 2 heterocycles. The van der Waals surface area contributed by atoms with Gasteiger partial charge in [0.05, 0.1) is 27.9 Å². The van der Waals surface area contributed by atoms with E-state index in [0.717, 1.165) is 55.8 Å². The number of ether oxygens (including phenoxy) is 3. The first kappa shape index (κ1) is 26.5. The second-order valence-electron chi connectivity index (χ2n) is 7.33. The average molecular weight is 576 g/mol. The Morgan fingerprint density at radius 2 is 1.75 bits per heavy atom. The predicted octanol–water partition coefficient (Wildman–Crippen LogP) is 3.38. The number of aryl methyl sites for hydroxylation is 1. The van der Waals surface area contributed by atoms with Gasteiger partial charge in [0.2, 0.25) is 5.75 Å². The molecule has 1 fully saturated rings. The largest absolute Gasteiger partial charge is 0.493 e. The Hall–Kier alpha value is -1.79. The number of nitrogens with zero attached hydrogens (tertiary/aromatic N) is 4. The van der Waals surface area contributed by atoms with Gasteiger partial charge in [-0.15, -0.1) is 35.3 Å². The fraction of sp³-hybridized carbons (Fsp3) is 0.545. The second kappa shape index (κ2) is 13.0. The van der Waals surface area contributed by atoms with E-state index >= 15 is 0 Å². The number of halogens is 1. The number of methoxy groups -OCH3 is 3. The summed E-state index contributed by atoms with van der Waals surface area (Å²) in [5.41, 5.74) is 1.14. The summed E-state index contributed by atoms with van der Waals surface area (Å²) in [6, 6.07) is 4.05. The standard InChI is InChI=1S/C22H33N5O3S.HI/c1-6-23-22(25-14-20-24-13-16(2)31-20)27-9-7-26(8-10-27)15-17-11-18(28-3)21(30-5)19(12-17)29-4;/h11-13H,6-10,14-15H2,1-5H3,(H,23,25);1H. The van der Waals surface area contributed by atoms with Gasteiger partial charge in [-0.25, -0.2) is 9.98 Å². The first-order chi connectivity index (χ1) is 15.1. The molecule has 0 atom stereocenters. The van der Waals surface area contributed by atoms with Crippen LogP contribution in [0.2, 0.25) is 0 Å². The van der Waals surface area contributed by atoms with Gasteiger partial charge in [0, 0.05) is 50.3 Å². The van der Waals surface area contributed by atoms with Gasteiger partial charge in [0.15, 0.2) is 17.5 Å². The minimum absolute atomic E-state index is 0. The molecular formula is C22H34IN5O3S. The lowest BCUT2D eigenvalue weighted by Gasteiger charge is -2.36. The molecule has 0 unspecified atom stereocenters. The SMILES string of the molecule is CCNC(=NCc1ncc(C)s1)N1CCN(Cc2cc(OC)c(OC)c(OC)c2)CC1.I. The maximum absolute atomic E-state index is 5.49. The molecule has 3 rings (SSSR count). The Balaban J connectivity index is 0.00000363. The van der Waals surface area contributed by atoms with Crippen molar-refractivity contribution >= 4 is 41.3 Å². The van der Waals surface area contributed by atoms with Gasteiger partial charge in [0.1, 0.15) is 5.01 Å². The molecule has 0 saturated carbocycles. The lowest BCUT2D eigenvalue weighted by Crippen LogP contribution is -2.52. The van der Waals surface area contributed by atoms with Crippen LogP contribution < -0.4 is 19.5 Å². The van der Waals surface area contributed by atoms with E-state index in [4.69, 9.17) is 19.2 Å². The molecule has 2 aromatic rings. The minimum atomic E-state index is 0. The zero-order valence-corrected chi connectivity index (χ0v) is 22.7. The van der Waals surface area contributed by atoms with Crippen LogP contribution in [0.15, 0.2) is 23.3 Å². The third-order valence-corrected chi connectivity index (χ3v) is 6.07. The van der Waals surface area contributed by atoms with Crippen LogP contribution in [0.1, 0.15) is 22.4 Å². The monoisotopic (exact) mass is 575 g/mol. The van der Waals surface area contributed by atoms with Crippen molar-refractivity contribution in [3.05, 3.63) is 33.8 Å². The average Bonchev–Trinajstić information content (AvgIpc) is 3.21. The summed E-state index contributed by atoms with van der Waals surface area (Å²) in [6.45, 7) is 10.2. The molecular weight excluding hydrogens is 541 g/mol. The summed E-state index contributed by atoms with van der Waals surface area (Å²) in [4.78, 5) is 15.2. The fourth-order valence-corrected chi connectivity index (χ4v) is 4.36. The molecule has 178 valence electrons. The second-order valence-corrected chi connectivity index (χ2v) is 8.65. The van der Waals surface area contributed by atoms with Crippen LogP contribution in [0, 0.1) is 6.92 Å². The molecule has 32 heavy (non-hydrogen) atoms. The van der Waals surface area contributed by atoms with Gasteiger partial charge in [-0.3, -0.25) is 4.90 Å². The van der Waals surface area contributed by atoms with Gasteiger partial charge >= 0.3 is 0 Å². The number of hydrogen-bond donors (Lipinski definition) is 1. The number of benzene rings is 1. The molecule has 0 aliphatic carbocycles. The van der Waals surface area contributed by atoms with Crippen molar-refractivity contribution in [2.24, 2.45) is 4.99 Å². The Labute approximate surface area is 212 Å². The van der Waals surface area contributed by atoms with Gasteiger partial charge in [-0.2, -0.15) is 0 Å². The molecule has 10 heteroatoms. The lowest BCUT2D eigenvalue weighted by atomic mass is 10.1. The number of rotatable bonds is 8. The van der Waals surface area contributed by atoms with Crippen molar-refractivity contribution in [2.45, 2.75) is 26.9 Å². The molecule has 0 radical (unpaired) electrons. The van der Waals surface area contributed by atoms with Crippen LogP contribution in [0.25, 0.3) is 0 Å². The van der Waals surface area contributed by atoms with Crippen molar-refractivity contribution in [2.75, 3.05) is 54.1 Å². The van der Waals surface area contributed by atoms with E-state index in [1.54, 1.807) is 32.7 Å². The van der Waals surface area contributed by atoms with E-state index in [1.165, 1.54) is 4.88 Å². The lowest BCUT2D eigenvalue weighted by molar-refractivity contribution is 0.172. The number of thiazole rings is 1. The van der Waals surface area contributed by atoms with Crippen molar-refractivity contribution in [3.63, 3.8) is 0 Å². The molecule has 1 N–H and O–H groups in total. The molecule has 1 aromatic heterocycles. The van der Waals surface area contributed by atoms with Crippen LogP contribution in [-0.2, 0) is 13.1 Å². The molecule has 1 saturated heterocycles. The van der Waals surface area contributed by atoms with Gasteiger partial charge in [-0.1, -0.05) is 0 Å². The van der Waals surface area contributed by atoms with Crippen LogP contribution in [0.3, 0.4) is 0 Å². The van der Waals surface area contributed by atoms with E-state index in [0.29, 0.717) is 23.8 Å². The minimum Gasteiger partial charge on any atom is -0.493 e. The van der Waals surface area contributed by atoms with Crippen LogP contribution in [0.5, 0.6) is 17.2 Å². The zero-order chi connectivity index (χ0) is 22.2. The maximum Gasteiger partial charge on any atom is 0.203 e. The maximum atomic E-state index is 5.49. The number of aromatic nitrogens is 1. The Morgan fingerprint density at radius 1 is 1.09 bits per heavy atom. The molecule has 0 amide bonds. The van der Waals surface area contributed by atoms with Crippen LogP contribution in [-0.4, -0.2) is 74.8 Å². The zero-order valence-electron chi connectivity index (χ0n) is 19.5. The summed E-state index contributed by atoms with van der Waals surface area (Å²) in [6.07, 6.45) is 1.91. The third kappa shape index (κ3) is 6.85. The highest BCUT2D eigenvalue weighted by Crippen LogP contribution is 2.38. The highest BCUT2D eigenvalue weighted by molar-refractivity contribution is 14.0. The number of piperazine rings is 1. The molecule has 0 bridgehead atoms. The highest BCUT2D eigenvalue weighted by atomic mass is 127. The van der Waals surface area contributed by atoms with Gasteiger partial charge in [-0.05, 0) is 31.5 Å². The first-order valence-electron chi connectivity index (χ1n) is 10.5. The molecule has 1 aliphatic rings. The summed E-state index contributed by atoms with van der Waals surface area (Å²) in [7, 11) is 4.92. The highest BCUT2D eigenvalue weighted by Gasteiger charge is 2.21. The first-order valence-corrected chi connectivity index (χ1v) is 11.3.